The maximum absolute atomic E-state index is 12.0. The van der Waals surface area contributed by atoms with Crippen LogP contribution >= 0.6 is 11.3 Å². The molecule has 8 heteroatoms. The molecule has 2 atom stereocenters. The van der Waals surface area contributed by atoms with Gasteiger partial charge >= 0.3 is 11.9 Å². The first-order valence-electron chi connectivity index (χ1n) is 8.15. The summed E-state index contributed by atoms with van der Waals surface area (Å²) in [4.78, 5) is 35.8. The average Bonchev–Trinajstić information content (AvgIpc) is 2.89. The number of aryl methyl sites for hydroxylation is 2. The molecule has 2 unspecified atom stereocenters. The van der Waals surface area contributed by atoms with Crippen LogP contribution in [0.3, 0.4) is 0 Å². The van der Waals surface area contributed by atoms with Crippen LogP contribution in [0.2, 0.25) is 0 Å². The van der Waals surface area contributed by atoms with Crippen molar-refractivity contribution in [2.75, 3.05) is 25.1 Å². The van der Waals surface area contributed by atoms with Gasteiger partial charge in [0.1, 0.15) is 21.3 Å². The molecule has 0 saturated carbocycles. The molecule has 7 nitrogen and oxygen atoms in total. The number of carbonyl (C=O) groups excluding carboxylic acids is 1. The van der Waals surface area contributed by atoms with E-state index in [1.54, 1.807) is 6.92 Å². The van der Waals surface area contributed by atoms with Gasteiger partial charge in [-0.05, 0) is 31.7 Å². The van der Waals surface area contributed by atoms with E-state index in [1.807, 2.05) is 18.7 Å². The Morgan fingerprint density at radius 2 is 2.00 bits per heavy atom. The highest BCUT2D eigenvalue weighted by atomic mass is 32.1. The summed E-state index contributed by atoms with van der Waals surface area (Å²) in [5.74, 6) is -0.0304. The molecule has 2 aromatic heterocycles. The number of fused-ring (bicyclic) bond motifs is 1. The summed E-state index contributed by atoms with van der Waals surface area (Å²) in [5.41, 5.74) is 0.784. The molecule has 1 fully saturated rings. The van der Waals surface area contributed by atoms with Crippen molar-refractivity contribution >= 4 is 39.3 Å². The fraction of sp³-hybridized carbons (Fsp3) is 0.529. The molecule has 134 valence electrons. The molecule has 0 aromatic carbocycles. The number of carboxylic acids is 1. The normalized spacial score (nSPS) is 20.7. The van der Waals surface area contributed by atoms with Crippen LogP contribution in [0.4, 0.5) is 5.82 Å². The number of carboxylic acid groups (broad SMARTS) is 1. The zero-order valence-electron chi connectivity index (χ0n) is 14.7. The standard InChI is InChI=1S/C17H21N3O4S/c1-8-5-11(16(21)22)7-20(6-8)14-12-9(2)13(17(23)24-4)25-15(12)19-10(3)18-14/h8,11H,5-7H2,1-4H3,(H,21,22). The van der Waals surface area contributed by atoms with Gasteiger partial charge in [-0.25, -0.2) is 14.8 Å². The Kier molecular flexibility index (Phi) is 4.64. The van der Waals surface area contributed by atoms with Gasteiger partial charge in [0.25, 0.3) is 0 Å². The second kappa shape index (κ2) is 6.59. The van der Waals surface area contributed by atoms with Crippen molar-refractivity contribution in [1.29, 1.82) is 0 Å². The lowest BCUT2D eigenvalue weighted by molar-refractivity contribution is -0.142. The second-order valence-electron chi connectivity index (χ2n) is 6.60. The van der Waals surface area contributed by atoms with Gasteiger partial charge in [0.2, 0.25) is 0 Å². The van der Waals surface area contributed by atoms with E-state index in [-0.39, 0.29) is 11.9 Å². The van der Waals surface area contributed by atoms with Gasteiger partial charge in [0.15, 0.2) is 0 Å². The number of nitrogens with zero attached hydrogens (tertiary/aromatic N) is 3. The Morgan fingerprint density at radius 1 is 1.28 bits per heavy atom. The predicted molar refractivity (Wildman–Crippen MR) is 95.3 cm³/mol. The first-order valence-corrected chi connectivity index (χ1v) is 8.97. The highest BCUT2D eigenvalue weighted by Crippen LogP contribution is 2.37. The van der Waals surface area contributed by atoms with Crippen molar-refractivity contribution in [1.82, 2.24) is 9.97 Å². The number of esters is 1. The summed E-state index contributed by atoms with van der Waals surface area (Å²) in [5, 5.41) is 10.2. The lowest BCUT2D eigenvalue weighted by Gasteiger charge is -2.36. The van der Waals surface area contributed by atoms with E-state index in [0.29, 0.717) is 29.5 Å². The molecule has 0 amide bonds. The van der Waals surface area contributed by atoms with Gasteiger partial charge in [-0.2, -0.15) is 0 Å². The summed E-state index contributed by atoms with van der Waals surface area (Å²) in [7, 11) is 1.35. The number of hydrogen-bond acceptors (Lipinski definition) is 7. The average molecular weight is 363 g/mol. The van der Waals surface area contributed by atoms with Crippen LogP contribution in [0, 0.1) is 25.7 Å². The molecule has 0 radical (unpaired) electrons. The Morgan fingerprint density at radius 3 is 2.64 bits per heavy atom. The summed E-state index contributed by atoms with van der Waals surface area (Å²) >= 11 is 1.29. The van der Waals surface area contributed by atoms with Gasteiger partial charge in [-0.1, -0.05) is 6.92 Å². The molecule has 0 spiro atoms. The molecule has 3 heterocycles. The van der Waals surface area contributed by atoms with E-state index in [0.717, 1.165) is 22.3 Å². The Balaban J connectivity index is 2.13. The fourth-order valence-corrected chi connectivity index (χ4v) is 4.58. The molecule has 1 aliphatic heterocycles. The first kappa shape index (κ1) is 17.6. The van der Waals surface area contributed by atoms with E-state index in [4.69, 9.17) is 4.74 Å². The number of ether oxygens (including phenoxy) is 1. The summed E-state index contributed by atoms with van der Waals surface area (Å²) < 4.78 is 4.86. The minimum Gasteiger partial charge on any atom is -0.481 e. The number of aromatic nitrogens is 2. The number of aliphatic carboxylic acids is 1. The molecular weight excluding hydrogens is 342 g/mol. The van der Waals surface area contributed by atoms with Gasteiger partial charge < -0.3 is 14.7 Å². The zero-order valence-corrected chi connectivity index (χ0v) is 15.5. The maximum atomic E-state index is 12.0. The SMILES string of the molecule is COC(=O)c1sc2nc(C)nc(N3CC(C)CC(C(=O)O)C3)c2c1C. The van der Waals surface area contributed by atoms with Crippen molar-refractivity contribution < 1.29 is 19.4 Å². The van der Waals surface area contributed by atoms with Crippen LogP contribution in [0.5, 0.6) is 0 Å². The van der Waals surface area contributed by atoms with Crippen LogP contribution in [-0.4, -0.2) is 47.2 Å². The van der Waals surface area contributed by atoms with Crippen LogP contribution in [-0.2, 0) is 9.53 Å². The van der Waals surface area contributed by atoms with Crippen LogP contribution in [0.25, 0.3) is 10.2 Å². The van der Waals surface area contributed by atoms with Gasteiger partial charge in [0.05, 0.1) is 18.4 Å². The van der Waals surface area contributed by atoms with Gasteiger partial charge in [-0.3, -0.25) is 4.79 Å². The molecule has 25 heavy (non-hydrogen) atoms. The number of hydrogen-bond donors (Lipinski definition) is 1. The Bertz CT molecular complexity index is 848. The van der Waals surface area contributed by atoms with E-state index in [1.165, 1.54) is 18.4 Å². The van der Waals surface area contributed by atoms with Crippen LogP contribution in [0.1, 0.15) is 34.4 Å². The van der Waals surface area contributed by atoms with Crippen molar-refractivity contribution in [2.45, 2.75) is 27.2 Å². The second-order valence-corrected chi connectivity index (χ2v) is 7.60. The Labute approximate surface area is 149 Å². The van der Waals surface area contributed by atoms with E-state index in [2.05, 4.69) is 9.97 Å². The van der Waals surface area contributed by atoms with Crippen molar-refractivity contribution in [3.8, 4) is 0 Å². The number of piperidine rings is 1. The van der Waals surface area contributed by atoms with Gasteiger partial charge in [0, 0.05) is 13.1 Å². The summed E-state index contributed by atoms with van der Waals surface area (Å²) in [6.45, 7) is 6.85. The molecule has 2 aromatic rings. The summed E-state index contributed by atoms with van der Waals surface area (Å²) in [6, 6.07) is 0. The molecule has 0 aliphatic carbocycles. The first-order chi connectivity index (χ1) is 11.8. The number of carbonyl (C=O) groups is 2. The number of rotatable bonds is 3. The quantitative estimate of drug-likeness (QED) is 0.838. The highest BCUT2D eigenvalue weighted by Gasteiger charge is 2.32. The fourth-order valence-electron chi connectivity index (χ4n) is 3.44. The van der Waals surface area contributed by atoms with Crippen LogP contribution < -0.4 is 4.90 Å². The molecule has 0 bridgehead atoms. The molecular formula is C17H21N3O4S. The minimum atomic E-state index is -0.782. The van der Waals surface area contributed by atoms with E-state index in [9.17, 15) is 14.7 Å². The monoisotopic (exact) mass is 363 g/mol. The maximum Gasteiger partial charge on any atom is 0.348 e. The largest absolute Gasteiger partial charge is 0.481 e. The van der Waals surface area contributed by atoms with Crippen LogP contribution in [0.15, 0.2) is 0 Å². The third-order valence-corrected chi connectivity index (χ3v) is 5.73. The summed E-state index contributed by atoms with van der Waals surface area (Å²) in [6.07, 6.45) is 0.662. The van der Waals surface area contributed by atoms with Crippen molar-refractivity contribution in [3.05, 3.63) is 16.3 Å². The highest BCUT2D eigenvalue weighted by molar-refractivity contribution is 7.20. The lowest BCUT2D eigenvalue weighted by Crippen LogP contribution is -2.43. The smallest absolute Gasteiger partial charge is 0.348 e. The minimum absolute atomic E-state index is 0.249. The number of anilines is 1. The third-order valence-electron chi connectivity index (χ3n) is 4.56. The van der Waals surface area contributed by atoms with E-state index < -0.39 is 11.9 Å². The zero-order chi connectivity index (χ0) is 18.3. The molecule has 1 saturated heterocycles. The number of methoxy groups -OCH3 is 1. The molecule has 1 aliphatic rings. The number of thiophene rings is 1. The van der Waals surface area contributed by atoms with Crippen molar-refractivity contribution in [2.24, 2.45) is 11.8 Å². The van der Waals surface area contributed by atoms with Crippen molar-refractivity contribution in [3.63, 3.8) is 0 Å². The lowest BCUT2D eigenvalue weighted by atomic mass is 9.90. The van der Waals surface area contributed by atoms with E-state index >= 15 is 0 Å². The third kappa shape index (κ3) is 3.18. The Hall–Kier alpha value is -2.22. The topological polar surface area (TPSA) is 92.6 Å². The van der Waals surface area contributed by atoms with Gasteiger partial charge in [-0.15, -0.1) is 11.3 Å². The molecule has 1 N–H and O–H groups in total. The molecule has 3 rings (SSSR count). The predicted octanol–water partition coefficient (Wildman–Crippen LogP) is 2.64.